The molecule has 3 aromatic rings. The highest BCUT2D eigenvalue weighted by atomic mass is 16.5. The van der Waals surface area contributed by atoms with Crippen molar-refractivity contribution in [3.8, 4) is 0 Å². The zero-order valence-corrected chi connectivity index (χ0v) is 13.4. The van der Waals surface area contributed by atoms with Gasteiger partial charge in [-0.15, -0.1) is 5.10 Å². The maximum Gasteiger partial charge on any atom is 0.254 e. The molecule has 1 aliphatic heterocycles. The fourth-order valence-electron chi connectivity index (χ4n) is 3.27. The number of nitrogens with zero attached hydrogens (tertiary/aromatic N) is 6. The lowest BCUT2D eigenvalue weighted by molar-refractivity contribution is 0.0670. The van der Waals surface area contributed by atoms with Gasteiger partial charge in [0.2, 0.25) is 6.39 Å². The smallest absolute Gasteiger partial charge is 0.254 e. The lowest BCUT2D eigenvalue weighted by atomic mass is 10.1. The predicted molar refractivity (Wildman–Crippen MR) is 85.1 cm³/mol. The summed E-state index contributed by atoms with van der Waals surface area (Å²) in [5.41, 5.74) is 2.25. The summed E-state index contributed by atoms with van der Waals surface area (Å²) in [6.07, 6.45) is 5.29. The van der Waals surface area contributed by atoms with Crippen LogP contribution in [0, 0.1) is 0 Å². The van der Waals surface area contributed by atoms with E-state index in [4.69, 9.17) is 4.52 Å². The molecule has 8 heteroatoms. The zero-order valence-electron chi connectivity index (χ0n) is 13.4. The van der Waals surface area contributed by atoms with Crippen LogP contribution in [0.2, 0.25) is 0 Å². The van der Waals surface area contributed by atoms with Gasteiger partial charge in [0, 0.05) is 19.2 Å². The van der Waals surface area contributed by atoms with Crippen LogP contribution >= 0.6 is 0 Å². The number of carbonyl (C=O) groups excluding carboxylic acids is 1. The Hall–Kier alpha value is -2.77. The van der Waals surface area contributed by atoms with E-state index in [1.807, 2.05) is 24.1 Å². The van der Waals surface area contributed by atoms with E-state index in [0.717, 1.165) is 36.7 Å². The number of carbonyl (C=O) groups is 1. The summed E-state index contributed by atoms with van der Waals surface area (Å²) in [5, 5.41) is 12.0. The summed E-state index contributed by atoms with van der Waals surface area (Å²) >= 11 is 0. The number of amides is 1. The largest absolute Gasteiger partial charge is 0.343 e. The summed E-state index contributed by atoms with van der Waals surface area (Å²) in [5.74, 6) is 0.559. The Balaban J connectivity index is 1.70. The Morgan fingerprint density at radius 2 is 2.21 bits per heavy atom. The van der Waals surface area contributed by atoms with Crippen molar-refractivity contribution in [1.29, 1.82) is 0 Å². The molecule has 4 rings (SSSR count). The molecule has 1 amide bonds. The molecule has 0 N–H and O–H groups in total. The molecule has 0 radical (unpaired) electrons. The summed E-state index contributed by atoms with van der Waals surface area (Å²) in [7, 11) is 1.82. The van der Waals surface area contributed by atoms with Crippen molar-refractivity contribution in [2.24, 2.45) is 7.05 Å². The number of aromatic nitrogens is 5. The van der Waals surface area contributed by atoms with Crippen molar-refractivity contribution >= 4 is 16.9 Å². The van der Waals surface area contributed by atoms with Crippen molar-refractivity contribution in [1.82, 2.24) is 30.0 Å². The number of likely N-dealkylation sites (tertiary alicyclic amines) is 1. The molecule has 3 heterocycles. The first-order valence-corrected chi connectivity index (χ1v) is 8.11. The third-order valence-electron chi connectivity index (χ3n) is 4.55. The van der Waals surface area contributed by atoms with Gasteiger partial charge in [0.25, 0.3) is 5.91 Å². The first kappa shape index (κ1) is 14.8. The average Bonchev–Trinajstić information content (AvgIpc) is 3.19. The highest BCUT2D eigenvalue weighted by Crippen LogP contribution is 2.29. The highest BCUT2D eigenvalue weighted by Gasteiger charge is 2.30. The molecule has 2 aromatic heterocycles. The Kier molecular flexibility index (Phi) is 3.72. The van der Waals surface area contributed by atoms with Gasteiger partial charge >= 0.3 is 0 Å². The van der Waals surface area contributed by atoms with Gasteiger partial charge in [0.15, 0.2) is 5.82 Å². The second kappa shape index (κ2) is 6.03. The minimum absolute atomic E-state index is 0.0187. The minimum atomic E-state index is -0.140. The fourth-order valence-corrected chi connectivity index (χ4v) is 3.27. The van der Waals surface area contributed by atoms with Gasteiger partial charge in [-0.25, -0.2) is 4.68 Å². The SMILES string of the molecule is Cn1nnc2ccc(C(=O)N3CCCCC[C@@H]3c3ncon3)cc21. The summed E-state index contributed by atoms with van der Waals surface area (Å²) < 4.78 is 6.56. The van der Waals surface area contributed by atoms with Gasteiger partial charge in [-0.1, -0.05) is 23.2 Å². The standard InChI is InChI=1S/C16H18N6O2/c1-21-14-9-11(6-7-12(14)18-20-21)16(23)22-8-4-2-3-5-13(22)15-17-10-24-19-15/h6-7,9-10,13H,2-5,8H2,1H3/t13-/m1/s1. The van der Waals surface area contributed by atoms with Gasteiger partial charge in [-0.05, 0) is 31.0 Å². The average molecular weight is 326 g/mol. The van der Waals surface area contributed by atoms with Crippen molar-refractivity contribution in [2.45, 2.75) is 31.7 Å². The molecule has 1 fully saturated rings. The molecular formula is C16H18N6O2. The fraction of sp³-hybridized carbons (Fsp3) is 0.438. The molecule has 124 valence electrons. The zero-order chi connectivity index (χ0) is 16.5. The first-order chi connectivity index (χ1) is 11.7. The lowest BCUT2D eigenvalue weighted by Crippen LogP contribution is -2.35. The Morgan fingerprint density at radius 1 is 1.29 bits per heavy atom. The van der Waals surface area contributed by atoms with Crippen LogP contribution in [0.1, 0.15) is 47.9 Å². The quantitative estimate of drug-likeness (QED) is 0.716. The van der Waals surface area contributed by atoms with Gasteiger partial charge in [0.05, 0.1) is 11.6 Å². The van der Waals surface area contributed by atoms with Crippen molar-refractivity contribution in [3.63, 3.8) is 0 Å². The van der Waals surface area contributed by atoms with Crippen molar-refractivity contribution < 1.29 is 9.32 Å². The maximum atomic E-state index is 13.1. The third kappa shape index (κ3) is 2.53. The molecule has 0 aliphatic carbocycles. The molecule has 0 unspecified atom stereocenters. The molecular weight excluding hydrogens is 308 g/mol. The summed E-state index contributed by atoms with van der Waals surface area (Å²) in [6, 6.07) is 5.34. The lowest BCUT2D eigenvalue weighted by Gasteiger charge is -2.27. The van der Waals surface area contributed by atoms with E-state index in [2.05, 4.69) is 20.5 Å². The predicted octanol–water partition coefficient (Wildman–Crippen LogP) is 2.11. The molecule has 1 aromatic carbocycles. The molecule has 1 aliphatic rings. The van der Waals surface area contributed by atoms with E-state index in [0.29, 0.717) is 17.9 Å². The molecule has 0 saturated carbocycles. The highest BCUT2D eigenvalue weighted by molar-refractivity contribution is 5.97. The van der Waals surface area contributed by atoms with Crippen LogP contribution in [0.4, 0.5) is 0 Å². The molecule has 1 saturated heterocycles. The minimum Gasteiger partial charge on any atom is -0.343 e. The summed E-state index contributed by atoms with van der Waals surface area (Å²) in [4.78, 5) is 19.2. The number of benzene rings is 1. The number of hydrogen-bond acceptors (Lipinski definition) is 6. The van der Waals surface area contributed by atoms with Gasteiger partial charge in [-0.3, -0.25) is 4.79 Å². The van der Waals surface area contributed by atoms with Gasteiger partial charge in [-0.2, -0.15) is 4.98 Å². The third-order valence-corrected chi connectivity index (χ3v) is 4.55. The van der Waals surface area contributed by atoms with Crippen LogP contribution in [0.25, 0.3) is 11.0 Å². The second-order valence-corrected chi connectivity index (χ2v) is 6.07. The van der Waals surface area contributed by atoms with Gasteiger partial charge < -0.3 is 9.42 Å². The van der Waals surface area contributed by atoms with Crippen molar-refractivity contribution in [2.75, 3.05) is 6.54 Å². The Labute approximate surface area is 138 Å². The van der Waals surface area contributed by atoms with E-state index in [1.165, 1.54) is 6.39 Å². The van der Waals surface area contributed by atoms with E-state index < -0.39 is 0 Å². The van der Waals surface area contributed by atoms with Gasteiger partial charge in [0.1, 0.15) is 5.52 Å². The Morgan fingerprint density at radius 3 is 3.04 bits per heavy atom. The van der Waals surface area contributed by atoms with Crippen LogP contribution in [0.15, 0.2) is 29.1 Å². The molecule has 1 atom stereocenters. The van der Waals surface area contributed by atoms with E-state index in [1.54, 1.807) is 10.7 Å². The number of hydrogen-bond donors (Lipinski definition) is 0. The normalized spacial score (nSPS) is 18.7. The van der Waals surface area contributed by atoms with Crippen molar-refractivity contribution in [3.05, 3.63) is 36.0 Å². The maximum absolute atomic E-state index is 13.1. The monoisotopic (exact) mass is 326 g/mol. The van der Waals surface area contributed by atoms with Crippen LogP contribution in [-0.2, 0) is 7.05 Å². The molecule has 24 heavy (non-hydrogen) atoms. The number of rotatable bonds is 2. The van der Waals surface area contributed by atoms with Crippen LogP contribution in [0.3, 0.4) is 0 Å². The topological polar surface area (TPSA) is 89.9 Å². The van der Waals surface area contributed by atoms with Crippen LogP contribution in [0.5, 0.6) is 0 Å². The first-order valence-electron chi connectivity index (χ1n) is 8.11. The van der Waals surface area contributed by atoms with E-state index >= 15 is 0 Å². The van der Waals surface area contributed by atoms with Crippen LogP contribution < -0.4 is 0 Å². The van der Waals surface area contributed by atoms with E-state index in [-0.39, 0.29) is 11.9 Å². The number of fused-ring (bicyclic) bond motifs is 1. The summed E-state index contributed by atoms with van der Waals surface area (Å²) in [6.45, 7) is 0.694. The molecule has 0 spiro atoms. The van der Waals surface area contributed by atoms with E-state index in [9.17, 15) is 4.79 Å². The second-order valence-electron chi connectivity index (χ2n) is 6.07. The molecule has 0 bridgehead atoms. The van der Waals surface area contributed by atoms with Crippen LogP contribution in [-0.4, -0.2) is 42.5 Å². The molecule has 8 nitrogen and oxygen atoms in total. The number of aryl methyl sites for hydroxylation is 1. The Bertz CT molecular complexity index is 857.